The van der Waals surface area contributed by atoms with E-state index in [1.54, 1.807) is 31.3 Å². The van der Waals surface area contributed by atoms with Crippen molar-refractivity contribution in [1.82, 2.24) is 4.98 Å². The van der Waals surface area contributed by atoms with Crippen LogP contribution in [0.4, 0.5) is 0 Å². The summed E-state index contributed by atoms with van der Waals surface area (Å²) in [6.45, 7) is 2.85. The molecule has 0 radical (unpaired) electrons. The van der Waals surface area contributed by atoms with Gasteiger partial charge in [0.25, 0.3) is 0 Å². The Morgan fingerprint density at radius 3 is 0.842 bits per heavy atom. The first kappa shape index (κ1) is 30.2. The molecular weight excluding hydrogens is 647 g/mol. The normalized spacial score (nSPS) is 9.39. The van der Waals surface area contributed by atoms with Gasteiger partial charge in [-0.2, -0.15) is 0 Å². The minimum absolute atomic E-state index is 0.0579. The molecule has 0 aliphatic rings. The molecule has 4 aromatic carbocycles. The summed E-state index contributed by atoms with van der Waals surface area (Å²) in [4.78, 5) is 24.5. The molecule has 0 spiro atoms. The molecule has 0 amide bonds. The van der Waals surface area contributed by atoms with E-state index in [2.05, 4.69) is 102 Å². The van der Waals surface area contributed by atoms with Gasteiger partial charge in [0.2, 0.25) is 0 Å². The molecule has 1 aromatic heterocycles. The Hall–Kier alpha value is -3.98. The Labute approximate surface area is 236 Å². The van der Waals surface area contributed by atoms with Crippen molar-refractivity contribution in [2.24, 2.45) is 0 Å². The quantitative estimate of drug-likeness (QED) is 0.180. The number of aromatic nitrogens is 1. The van der Waals surface area contributed by atoms with E-state index in [9.17, 15) is 9.59 Å². The van der Waals surface area contributed by atoms with Gasteiger partial charge < -0.3 is 0 Å². The predicted octanol–water partition coefficient (Wildman–Crippen LogP) is 8.29. The van der Waals surface area contributed by atoms with Gasteiger partial charge in [-0.1, -0.05) is 127 Å². The molecule has 5 rings (SSSR count). The molecule has 3 nitrogen and oxygen atoms in total. The van der Waals surface area contributed by atoms with Crippen molar-refractivity contribution >= 4 is 11.6 Å². The molecule has 0 aliphatic carbocycles. The molecule has 0 fully saturated rings. The van der Waals surface area contributed by atoms with Gasteiger partial charge >= 0.3 is 58.3 Å². The first-order chi connectivity index (χ1) is 18.5. The van der Waals surface area contributed by atoms with Crippen LogP contribution in [0.1, 0.15) is 13.8 Å². The molecule has 0 atom stereocenters. The van der Waals surface area contributed by atoms with E-state index in [4.69, 9.17) is 0 Å². The first-order valence-electron chi connectivity index (χ1n) is 12.2. The van der Waals surface area contributed by atoms with Crippen molar-refractivity contribution in [2.75, 3.05) is 0 Å². The van der Waals surface area contributed by atoms with E-state index in [0.29, 0.717) is 0 Å². The molecule has 0 N–H and O–H groups in total. The topological polar surface area (TPSA) is 47.0 Å². The molecule has 194 valence electrons. The standard InChI is InChI=1S/2C12H10.C5H5N.C5H7O2.Ir/c2*1-3-7-11(8-4-1)12-9-5-2-6-10-12;1-2-4-6-5-3-1;1-4(6)3-5(2)7;/h2*1-10H;1-5H;3H,1-2H3;. The minimum atomic E-state index is -0.407. The van der Waals surface area contributed by atoms with Gasteiger partial charge in [0.1, 0.15) is 0 Å². The smallest absolute Gasteiger partial charge is 0.0267 e. The van der Waals surface area contributed by atoms with Gasteiger partial charge in [0.05, 0.1) is 0 Å². The van der Waals surface area contributed by atoms with Crippen molar-refractivity contribution < 1.29 is 28.5 Å². The first-order valence-corrected chi connectivity index (χ1v) is 13.6. The van der Waals surface area contributed by atoms with Crippen LogP contribution < -0.4 is 0 Å². The van der Waals surface area contributed by atoms with Crippen LogP contribution in [0, 0.1) is 0 Å². The Kier molecular flexibility index (Phi) is 14.6. The summed E-state index contributed by atoms with van der Waals surface area (Å²) in [7, 11) is 0. The number of benzene rings is 4. The van der Waals surface area contributed by atoms with Gasteiger partial charge in [-0.05, 0) is 34.4 Å². The summed E-state index contributed by atoms with van der Waals surface area (Å²) in [5.41, 5.74) is 5.10. The Morgan fingerprint density at radius 2 is 0.711 bits per heavy atom. The molecule has 1 heterocycles. The molecule has 0 aliphatic heterocycles. The molecule has 0 saturated carbocycles. The number of carbonyl (C=O) groups is 2. The van der Waals surface area contributed by atoms with Gasteiger partial charge in [-0.3, -0.25) is 4.98 Å². The van der Waals surface area contributed by atoms with Crippen molar-refractivity contribution in [3.05, 3.63) is 152 Å². The summed E-state index contributed by atoms with van der Waals surface area (Å²) in [5, 5.41) is 0. The van der Waals surface area contributed by atoms with E-state index < -0.39 is 4.43 Å². The number of rotatable bonds is 4. The van der Waals surface area contributed by atoms with Crippen LogP contribution in [0.3, 0.4) is 0 Å². The van der Waals surface area contributed by atoms with Gasteiger partial charge in [0, 0.05) is 12.4 Å². The maximum atomic E-state index is 10.4. The molecule has 0 bridgehead atoms. The second-order valence-corrected chi connectivity index (χ2v) is 9.43. The zero-order valence-corrected chi connectivity index (χ0v) is 24.0. The number of ketones is 2. The van der Waals surface area contributed by atoms with E-state index in [-0.39, 0.29) is 11.6 Å². The van der Waals surface area contributed by atoms with Gasteiger partial charge in [0.15, 0.2) is 0 Å². The summed E-state index contributed by atoms with van der Waals surface area (Å²) in [5.74, 6) is -0.116. The molecule has 38 heavy (non-hydrogen) atoms. The van der Waals surface area contributed by atoms with Crippen molar-refractivity contribution in [1.29, 1.82) is 0 Å². The Morgan fingerprint density at radius 1 is 0.474 bits per heavy atom. The molecular formula is C34H32IrNO2. The zero-order chi connectivity index (χ0) is 27.4. The molecule has 0 saturated heterocycles. The maximum Gasteiger partial charge on any atom is 0.0267 e. The number of pyridine rings is 1. The van der Waals surface area contributed by atoms with Crippen LogP contribution in [-0.4, -0.2) is 16.6 Å². The fraction of sp³-hybridized carbons (Fsp3) is 0.0882. The fourth-order valence-electron chi connectivity index (χ4n) is 3.12. The van der Waals surface area contributed by atoms with Crippen LogP contribution in [0.25, 0.3) is 22.3 Å². The van der Waals surface area contributed by atoms with E-state index >= 15 is 0 Å². The van der Waals surface area contributed by atoms with Crippen LogP contribution in [0.15, 0.2) is 152 Å². The van der Waals surface area contributed by atoms with Crippen LogP contribution in [0.2, 0.25) is 4.43 Å². The summed E-state index contributed by atoms with van der Waals surface area (Å²) >= 11 is 1.62. The Bertz CT molecular complexity index is 1110. The van der Waals surface area contributed by atoms with E-state index in [1.165, 1.54) is 36.1 Å². The molecule has 0 unspecified atom stereocenters. The van der Waals surface area contributed by atoms with Crippen molar-refractivity contribution in [3.63, 3.8) is 0 Å². The SMILES string of the molecule is CC(=O)[CH]([Ir])C(C)=O.c1ccc(-c2ccccc2)cc1.c1ccc(-c2ccccc2)cc1.c1ccncc1. The number of hydrogen-bond donors (Lipinski definition) is 0. The summed E-state index contributed by atoms with van der Waals surface area (Å²) in [6, 6.07) is 47.3. The monoisotopic (exact) mass is 679 g/mol. The van der Waals surface area contributed by atoms with E-state index in [0.717, 1.165) is 0 Å². The van der Waals surface area contributed by atoms with Crippen LogP contribution in [-0.2, 0) is 28.5 Å². The third kappa shape index (κ3) is 12.3. The van der Waals surface area contributed by atoms with Crippen LogP contribution in [0.5, 0.6) is 0 Å². The average Bonchev–Trinajstić information content (AvgIpc) is 3.00. The molecule has 5 aromatic rings. The van der Waals surface area contributed by atoms with E-state index in [1.807, 2.05) is 42.5 Å². The summed E-state index contributed by atoms with van der Waals surface area (Å²) in [6.07, 6.45) is 3.50. The number of hydrogen-bond acceptors (Lipinski definition) is 3. The van der Waals surface area contributed by atoms with Gasteiger partial charge in [-0.25, -0.2) is 0 Å². The minimum Gasteiger partial charge on any atom is -0.265 e. The average molecular weight is 679 g/mol. The molecule has 4 heteroatoms. The number of Topliss-reactive ketones (excluding diaryl/α,β-unsaturated/α-hetero) is 2. The largest absolute Gasteiger partial charge is 0.265 e. The predicted molar refractivity (Wildman–Crippen MR) is 153 cm³/mol. The maximum absolute atomic E-state index is 10.4. The van der Waals surface area contributed by atoms with Gasteiger partial charge in [-0.15, -0.1) is 0 Å². The van der Waals surface area contributed by atoms with Crippen LogP contribution >= 0.6 is 0 Å². The summed E-state index contributed by atoms with van der Waals surface area (Å²) < 4.78 is -0.407. The third-order valence-electron chi connectivity index (χ3n) is 5.01. The fourth-order valence-corrected chi connectivity index (χ4v) is 3.12. The Balaban J connectivity index is 0.000000185. The second-order valence-electron chi connectivity index (χ2n) is 8.05. The zero-order valence-electron chi connectivity index (χ0n) is 21.6. The number of carbonyl (C=O) groups excluding carboxylic acids is 2. The third-order valence-corrected chi connectivity index (χ3v) is 6.95. The number of nitrogens with zero attached hydrogens (tertiary/aromatic N) is 1. The van der Waals surface area contributed by atoms with Crippen molar-refractivity contribution in [2.45, 2.75) is 18.3 Å². The van der Waals surface area contributed by atoms with Crippen molar-refractivity contribution in [3.8, 4) is 22.3 Å². The second kappa shape index (κ2) is 18.3.